The SMILES string of the molecule is CC(C)c1nnc(NC(=O)CN2C(=O)COc3ccc(-c4csc(-c5ccccn5)n4)cc32)s1. The van der Waals surface area contributed by atoms with Crippen LogP contribution < -0.4 is 15.0 Å². The molecule has 34 heavy (non-hydrogen) atoms. The average molecular weight is 493 g/mol. The van der Waals surface area contributed by atoms with Crippen LogP contribution in [-0.4, -0.2) is 45.1 Å². The smallest absolute Gasteiger partial charge is 0.265 e. The number of thiazole rings is 1. The lowest BCUT2D eigenvalue weighted by Crippen LogP contribution is -2.43. The molecule has 0 atom stereocenters. The molecule has 4 heterocycles. The van der Waals surface area contributed by atoms with E-state index in [9.17, 15) is 9.59 Å². The van der Waals surface area contributed by atoms with Gasteiger partial charge in [0, 0.05) is 23.1 Å². The quantitative estimate of drug-likeness (QED) is 0.429. The number of amides is 2. The lowest BCUT2D eigenvalue weighted by atomic mass is 10.1. The van der Waals surface area contributed by atoms with Crippen molar-refractivity contribution in [2.45, 2.75) is 19.8 Å². The number of fused-ring (bicyclic) bond motifs is 1. The summed E-state index contributed by atoms with van der Waals surface area (Å²) in [4.78, 5) is 35.8. The summed E-state index contributed by atoms with van der Waals surface area (Å²) in [6.07, 6.45) is 1.73. The Hall–Kier alpha value is -3.70. The molecule has 0 spiro atoms. The summed E-state index contributed by atoms with van der Waals surface area (Å²) in [7, 11) is 0. The Bertz CT molecular complexity index is 1350. The molecule has 1 N–H and O–H groups in total. The molecule has 0 radical (unpaired) electrons. The first kappa shape index (κ1) is 22.1. The van der Waals surface area contributed by atoms with E-state index in [-0.39, 0.29) is 30.9 Å². The zero-order valence-corrected chi connectivity index (χ0v) is 20.0. The highest BCUT2D eigenvalue weighted by Crippen LogP contribution is 2.37. The maximum Gasteiger partial charge on any atom is 0.265 e. The van der Waals surface area contributed by atoms with Gasteiger partial charge < -0.3 is 4.74 Å². The van der Waals surface area contributed by atoms with Gasteiger partial charge in [0.05, 0.1) is 17.1 Å². The van der Waals surface area contributed by atoms with Gasteiger partial charge in [-0.1, -0.05) is 31.3 Å². The van der Waals surface area contributed by atoms with Crippen LogP contribution >= 0.6 is 22.7 Å². The van der Waals surface area contributed by atoms with Gasteiger partial charge in [-0.3, -0.25) is 24.8 Å². The van der Waals surface area contributed by atoms with Gasteiger partial charge in [-0.15, -0.1) is 21.5 Å². The number of hydrogen-bond acceptors (Lipinski definition) is 9. The number of benzene rings is 1. The monoisotopic (exact) mass is 492 g/mol. The van der Waals surface area contributed by atoms with Gasteiger partial charge in [-0.2, -0.15) is 0 Å². The van der Waals surface area contributed by atoms with E-state index in [0.29, 0.717) is 16.6 Å². The molecule has 172 valence electrons. The number of carbonyl (C=O) groups excluding carboxylic acids is 2. The van der Waals surface area contributed by atoms with E-state index in [1.165, 1.54) is 27.6 Å². The van der Waals surface area contributed by atoms with Gasteiger partial charge in [0.2, 0.25) is 11.0 Å². The number of pyridine rings is 1. The molecule has 11 heteroatoms. The second-order valence-electron chi connectivity index (χ2n) is 7.85. The largest absolute Gasteiger partial charge is 0.482 e. The highest BCUT2D eigenvalue weighted by molar-refractivity contribution is 7.15. The Balaban J connectivity index is 1.38. The fraction of sp³-hybridized carbons (Fsp3) is 0.217. The van der Waals surface area contributed by atoms with E-state index in [4.69, 9.17) is 9.72 Å². The number of nitrogens with one attached hydrogen (secondary N) is 1. The number of anilines is 2. The van der Waals surface area contributed by atoms with E-state index in [1.807, 2.05) is 49.6 Å². The van der Waals surface area contributed by atoms with E-state index >= 15 is 0 Å². The molecule has 1 aromatic carbocycles. The number of nitrogens with zero attached hydrogens (tertiary/aromatic N) is 5. The predicted octanol–water partition coefficient (Wildman–Crippen LogP) is 4.21. The van der Waals surface area contributed by atoms with Crippen molar-refractivity contribution in [2.75, 3.05) is 23.4 Å². The van der Waals surface area contributed by atoms with Crippen molar-refractivity contribution in [3.8, 4) is 27.7 Å². The molecular formula is C23H20N6O3S2. The Morgan fingerprint density at radius 2 is 2.09 bits per heavy atom. The zero-order chi connectivity index (χ0) is 23.7. The van der Waals surface area contributed by atoms with Crippen molar-refractivity contribution in [1.82, 2.24) is 20.2 Å². The normalized spacial score (nSPS) is 13.0. The molecule has 1 aliphatic rings. The fourth-order valence-corrected chi connectivity index (χ4v) is 4.94. The van der Waals surface area contributed by atoms with E-state index in [1.54, 1.807) is 12.3 Å². The third-order valence-corrected chi connectivity index (χ3v) is 7.07. The first-order valence-electron chi connectivity index (χ1n) is 10.6. The molecule has 0 unspecified atom stereocenters. The maximum atomic E-state index is 12.7. The van der Waals surface area contributed by atoms with Gasteiger partial charge in [0.1, 0.15) is 22.3 Å². The van der Waals surface area contributed by atoms with Crippen LogP contribution in [0.2, 0.25) is 0 Å². The summed E-state index contributed by atoms with van der Waals surface area (Å²) in [6, 6.07) is 11.2. The third-order valence-electron chi connectivity index (χ3n) is 5.07. The molecule has 3 aromatic heterocycles. The minimum atomic E-state index is -0.357. The lowest BCUT2D eigenvalue weighted by Gasteiger charge is -2.29. The third kappa shape index (κ3) is 4.52. The number of rotatable bonds is 6. The lowest BCUT2D eigenvalue weighted by molar-refractivity contribution is -0.123. The van der Waals surface area contributed by atoms with Gasteiger partial charge in [0.25, 0.3) is 5.91 Å². The van der Waals surface area contributed by atoms with Crippen molar-refractivity contribution < 1.29 is 14.3 Å². The molecule has 1 aliphatic heterocycles. The summed E-state index contributed by atoms with van der Waals surface area (Å²) >= 11 is 2.81. The van der Waals surface area contributed by atoms with Gasteiger partial charge in [-0.25, -0.2) is 4.98 Å². The molecular weight excluding hydrogens is 472 g/mol. The number of carbonyl (C=O) groups is 2. The van der Waals surface area contributed by atoms with Crippen molar-refractivity contribution in [3.63, 3.8) is 0 Å². The van der Waals surface area contributed by atoms with Gasteiger partial charge in [-0.05, 0) is 30.3 Å². The number of aromatic nitrogens is 4. The van der Waals surface area contributed by atoms with Crippen LogP contribution in [0.4, 0.5) is 10.8 Å². The molecule has 5 rings (SSSR count). The Kier molecular flexibility index (Phi) is 6.03. The number of ether oxygens (including phenoxy) is 1. The summed E-state index contributed by atoms with van der Waals surface area (Å²) in [5.41, 5.74) is 2.89. The van der Waals surface area contributed by atoms with Crippen LogP contribution in [0.15, 0.2) is 48.0 Å². The molecule has 0 saturated heterocycles. The van der Waals surface area contributed by atoms with E-state index < -0.39 is 0 Å². The van der Waals surface area contributed by atoms with Crippen LogP contribution in [0, 0.1) is 0 Å². The first-order chi connectivity index (χ1) is 16.5. The van der Waals surface area contributed by atoms with E-state index in [0.717, 1.165) is 27.0 Å². The Morgan fingerprint density at radius 3 is 2.85 bits per heavy atom. The van der Waals surface area contributed by atoms with Gasteiger partial charge >= 0.3 is 0 Å². The molecule has 0 saturated carbocycles. The minimum Gasteiger partial charge on any atom is -0.482 e. The summed E-state index contributed by atoms with van der Waals surface area (Å²) in [5.74, 6) is 0.101. The molecule has 9 nitrogen and oxygen atoms in total. The zero-order valence-electron chi connectivity index (χ0n) is 18.4. The Labute approximate surface area is 203 Å². The first-order valence-corrected chi connectivity index (χ1v) is 12.3. The number of hydrogen-bond donors (Lipinski definition) is 1. The van der Waals surface area contributed by atoms with Crippen molar-refractivity contribution >= 4 is 45.3 Å². The van der Waals surface area contributed by atoms with E-state index in [2.05, 4.69) is 20.5 Å². The van der Waals surface area contributed by atoms with Crippen molar-refractivity contribution in [3.05, 3.63) is 53.0 Å². The van der Waals surface area contributed by atoms with Gasteiger partial charge in [0.15, 0.2) is 6.61 Å². The van der Waals surface area contributed by atoms with Crippen LogP contribution in [0.25, 0.3) is 22.0 Å². The minimum absolute atomic E-state index is 0.129. The predicted molar refractivity (Wildman–Crippen MR) is 131 cm³/mol. The maximum absolute atomic E-state index is 12.7. The summed E-state index contributed by atoms with van der Waals surface area (Å²) < 4.78 is 5.59. The van der Waals surface area contributed by atoms with Crippen molar-refractivity contribution in [1.29, 1.82) is 0 Å². The van der Waals surface area contributed by atoms with Crippen molar-refractivity contribution in [2.24, 2.45) is 0 Å². The summed E-state index contributed by atoms with van der Waals surface area (Å²) in [6.45, 7) is 3.73. The average Bonchev–Trinajstić information content (AvgIpc) is 3.52. The highest BCUT2D eigenvalue weighted by Gasteiger charge is 2.28. The van der Waals surface area contributed by atoms with Crippen LogP contribution in [0.1, 0.15) is 24.8 Å². The topological polar surface area (TPSA) is 110 Å². The Morgan fingerprint density at radius 1 is 1.21 bits per heavy atom. The standard InChI is InChI=1S/C23H20N6O3S2/c1-13(2)21-27-28-23(34-21)26-19(30)10-29-17-9-14(6-7-18(17)32-11-20(29)31)16-12-33-22(25-16)15-5-3-4-8-24-15/h3-9,12-13H,10-11H2,1-2H3,(H,26,28,30). The molecule has 0 fully saturated rings. The fourth-order valence-electron chi connectivity index (χ4n) is 3.37. The van der Waals surface area contributed by atoms with Crippen LogP contribution in [0.3, 0.4) is 0 Å². The molecule has 4 aromatic rings. The van der Waals surface area contributed by atoms with Crippen LogP contribution in [-0.2, 0) is 9.59 Å². The molecule has 0 bridgehead atoms. The molecule has 0 aliphatic carbocycles. The second kappa shape index (κ2) is 9.27. The molecule has 2 amide bonds. The summed E-state index contributed by atoms with van der Waals surface area (Å²) in [5, 5.41) is 14.8. The van der Waals surface area contributed by atoms with Crippen LogP contribution in [0.5, 0.6) is 5.75 Å². The second-order valence-corrected chi connectivity index (χ2v) is 9.72. The highest BCUT2D eigenvalue weighted by atomic mass is 32.1.